The molecule has 0 unspecified atom stereocenters. The second kappa shape index (κ2) is 7.74. The lowest BCUT2D eigenvalue weighted by Gasteiger charge is -1.99. The minimum absolute atomic E-state index is 0.228. The van der Waals surface area contributed by atoms with Crippen molar-refractivity contribution in [2.24, 2.45) is 10.2 Å². The molecule has 118 valence electrons. The number of hydrogen-bond donors (Lipinski definition) is 0. The second-order valence-electron chi connectivity index (χ2n) is 4.87. The van der Waals surface area contributed by atoms with Crippen LogP contribution in [-0.4, -0.2) is 9.85 Å². The van der Waals surface area contributed by atoms with Gasteiger partial charge in [0, 0.05) is 21.0 Å². The van der Waals surface area contributed by atoms with E-state index in [0.29, 0.717) is 16.8 Å². The minimum Gasteiger partial charge on any atom is -0.264 e. The Labute approximate surface area is 131 Å². The molecule has 0 amide bonds. The highest BCUT2D eigenvalue weighted by Gasteiger charge is 2.03. The Balaban J connectivity index is 2.01. The molecule has 0 spiro atoms. The monoisotopic (exact) mass is 314 g/mol. The first-order chi connectivity index (χ1) is 11.0. The van der Waals surface area contributed by atoms with E-state index >= 15 is 0 Å². The summed E-state index contributed by atoms with van der Waals surface area (Å²) >= 11 is 0. The molecular formula is C15H14N4O4. The first-order valence-electron chi connectivity index (χ1n) is 6.81. The van der Waals surface area contributed by atoms with Gasteiger partial charge in [0.2, 0.25) is 13.1 Å². The zero-order valence-electron chi connectivity index (χ0n) is 12.2. The number of benzene rings is 2. The van der Waals surface area contributed by atoms with E-state index in [1.807, 2.05) is 6.07 Å². The largest absolute Gasteiger partial charge is 0.264 e. The molecule has 8 nitrogen and oxygen atoms in total. The van der Waals surface area contributed by atoms with Crippen LogP contribution in [0.3, 0.4) is 0 Å². The van der Waals surface area contributed by atoms with Crippen molar-refractivity contribution in [3.63, 3.8) is 0 Å². The maximum atomic E-state index is 10.5. The van der Waals surface area contributed by atoms with Gasteiger partial charge in [-0.15, -0.1) is 0 Å². The van der Waals surface area contributed by atoms with Crippen molar-refractivity contribution in [2.75, 3.05) is 0 Å². The zero-order chi connectivity index (χ0) is 16.7. The molecule has 0 saturated heterocycles. The highest BCUT2D eigenvalue weighted by Crippen LogP contribution is 2.16. The third-order valence-corrected chi connectivity index (χ3v) is 2.96. The molecule has 0 aromatic heterocycles. The van der Waals surface area contributed by atoms with Gasteiger partial charge in [0.1, 0.15) is 0 Å². The fraction of sp³-hybridized carbons (Fsp3) is 0.200. The van der Waals surface area contributed by atoms with Crippen LogP contribution in [0.4, 0.5) is 5.69 Å². The summed E-state index contributed by atoms with van der Waals surface area (Å²) in [5.74, 6) is 0. The molecule has 8 heteroatoms. The van der Waals surface area contributed by atoms with E-state index in [2.05, 4.69) is 10.2 Å². The predicted octanol–water partition coefficient (Wildman–Crippen LogP) is 3.52. The Morgan fingerprint density at radius 1 is 0.826 bits per heavy atom. The molecule has 0 heterocycles. The number of hydrogen-bond acceptors (Lipinski definition) is 6. The van der Waals surface area contributed by atoms with Gasteiger partial charge in [-0.25, -0.2) is 0 Å². The Bertz CT molecular complexity index is 746. The molecule has 0 radical (unpaired) electrons. The van der Waals surface area contributed by atoms with Crippen LogP contribution in [0, 0.1) is 20.2 Å². The van der Waals surface area contributed by atoms with Crippen molar-refractivity contribution in [1.29, 1.82) is 0 Å². The first kappa shape index (κ1) is 16.2. The van der Waals surface area contributed by atoms with E-state index in [4.69, 9.17) is 0 Å². The number of nitrogens with zero attached hydrogens (tertiary/aromatic N) is 4. The van der Waals surface area contributed by atoms with Crippen LogP contribution in [0.1, 0.15) is 16.7 Å². The third-order valence-electron chi connectivity index (χ3n) is 2.96. The van der Waals surface area contributed by atoms with Crippen LogP contribution in [0.15, 0.2) is 58.8 Å². The van der Waals surface area contributed by atoms with Gasteiger partial charge in [0.05, 0.1) is 12.2 Å². The van der Waals surface area contributed by atoms with Gasteiger partial charge in [0.25, 0.3) is 0 Å². The fourth-order valence-corrected chi connectivity index (χ4v) is 2.04. The SMILES string of the molecule is O=[N+]([O-])Cc1cccc(CN=Nc2cccc(C[N+](=O)[O-])c2)c1. The highest BCUT2D eigenvalue weighted by atomic mass is 16.6. The number of nitro groups is 2. The van der Waals surface area contributed by atoms with Crippen LogP contribution >= 0.6 is 0 Å². The first-order valence-corrected chi connectivity index (χ1v) is 6.81. The van der Waals surface area contributed by atoms with Crippen molar-refractivity contribution in [3.05, 3.63) is 85.4 Å². The molecule has 0 fully saturated rings. The van der Waals surface area contributed by atoms with Gasteiger partial charge < -0.3 is 0 Å². The van der Waals surface area contributed by atoms with Gasteiger partial charge in [-0.05, 0) is 23.8 Å². The second-order valence-corrected chi connectivity index (χ2v) is 4.87. The predicted molar refractivity (Wildman–Crippen MR) is 82.5 cm³/mol. The van der Waals surface area contributed by atoms with Gasteiger partial charge in [-0.3, -0.25) is 20.2 Å². The Hall–Kier alpha value is -3.16. The molecule has 2 rings (SSSR count). The lowest BCUT2D eigenvalue weighted by Crippen LogP contribution is -1.98. The van der Waals surface area contributed by atoms with Crippen LogP contribution in [-0.2, 0) is 19.6 Å². The van der Waals surface area contributed by atoms with Crippen molar-refractivity contribution in [2.45, 2.75) is 19.6 Å². The number of azo groups is 1. The molecule has 23 heavy (non-hydrogen) atoms. The van der Waals surface area contributed by atoms with Gasteiger partial charge in [0.15, 0.2) is 0 Å². The van der Waals surface area contributed by atoms with Gasteiger partial charge >= 0.3 is 0 Å². The Morgan fingerprint density at radius 2 is 1.39 bits per heavy atom. The minimum atomic E-state index is -0.406. The lowest BCUT2D eigenvalue weighted by molar-refractivity contribution is -0.496. The molecule has 0 N–H and O–H groups in total. The van der Waals surface area contributed by atoms with Crippen molar-refractivity contribution < 1.29 is 9.85 Å². The van der Waals surface area contributed by atoms with E-state index in [1.165, 1.54) is 0 Å². The Kier molecular flexibility index (Phi) is 5.45. The summed E-state index contributed by atoms with van der Waals surface area (Å²) in [7, 11) is 0. The summed E-state index contributed by atoms with van der Waals surface area (Å²) in [5, 5.41) is 29.1. The summed E-state index contributed by atoms with van der Waals surface area (Å²) in [6.45, 7) is -0.203. The summed E-state index contributed by atoms with van der Waals surface area (Å²) in [4.78, 5) is 20.2. The van der Waals surface area contributed by atoms with Crippen molar-refractivity contribution in [1.82, 2.24) is 0 Å². The summed E-state index contributed by atoms with van der Waals surface area (Å²) in [5.41, 5.74) is 2.51. The maximum absolute atomic E-state index is 10.5. The molecule has 0 bridgehead atoms. The van der Waals surface area contributed by atoms with Crippen LogP contribution in [0.25, 0.3) is 0 Å². The fourth-order valence-electron chi connectivity index (χ4n) is 2.04. The molecule has 0 atom stereocenters. The van der Waals surface area contributed by atoms with E-state index in [0.717, 1.165) is 5.56 Å². The van der Waals surface area contributed by atoms with Crippen molar-refractivity contribution >= 4 is 5.69 Å². The van der Waals surface area contributed by atoms with Crippen molar-refractivity contribution in [3.8, 4) is 0 Å². The molecule has 0 aliphatic rings. The number of rotatable bonds is 7. The maximum Gasteiger partial charge on any atom is 0.229 e. The molecule has 0 saturated carbocycles. The quantitative estimate of drug-likeness (QED) is 0.442. The summed E-state index contributed by atoms with van der Waals surface area (Å²) < 4.78 is 0. The smallest absolute Gasteiger partial charge is 0.229 e. The highest BCUT2D eigenvalue weighted by molar-refractivity contribution is 5.39. The third kappa shape index (κ3) is 5.62. The van der Waals surface area contributed by atoms with Crippen LogP contribution < -0.4 is 0 Å². The van der Waals surface area contributed by atoms with E-state index in [1.54, 1.807) is 42.5 Å². The summed E-state index contributed by atoms with van der Waals surface area (Å²) in [6, 6.07) is 13.6. The standard InChI is InChI=1S/C15H14N4O4/c20-18(21)10-13-4-1-3-12(7-13)9-16-17-15-6-2-5-14(8-15)11-19(22)23/h1-8H,9-11H2. The topological polar surface area (TPSA) is 111 Å². The van der Waals surface area contributed by atoms with E-state index < -0.39 is 4.92 Å². The normalized spacial score (nSPS) is 10.8. The average molecular weight is 314 g/mol. The molecule has 0 aliphatic heterocycles. The Morgan fingerprint density at radius 3 is 2.04 bits per heavy atom. The summed E-state index contributed by atoms with van der Waals surface area (Å²) in [6.07, 6.45) is 0. The molecule has 0 aliphatic carbocycles. The molecule has 2 aromatic rings. The van der Waals surface area contributed by atoms with Gasteiger partial charge in [-0.1, -0.05) is 30.3 Å². The molecular weight excluding hydrogens is 300 g/mol. The van der Waals surface area contributed by atoms with E-state index in [-0.39, 0.29) is 24.6 Å². The van der Waals surface area contributed by atoms with Gasteiger partial charge in [-0.2, -0.15) is 10.2 Å². The van der Waals surface area contributed by atoms with E-state index in [9.17, 15) is 20.2 Å². The van der Waals surface area contributed by atoms with Crippen LogP contribution in [0.5, 0.6) is 0 Å². The zero-order valence-corrected chi connectivity index (χ0v) is 12.2. The van der Waals surface area contributed by atoms with Crippen LogP contribution in [0.2, 0.25) is 0 Å². The average Bonchev–Trinajstić information content (AvgIpc) is 2.46. The molecule has 2 aromatic carbocycles. The lowest BCUT2D eigenvalue weighted by atomic mass is 10.1.